The van der Waals surface area contributed by atoms with E-state index in [0.29, 0.717) is 18.2 Å². The number of carbonyl (C=O) groups is 1. The number of hydrogen-bond acceptors (Lipinski definition) is 4. The van der Waals surface area contributed by atoms with Crippen molar-refractivity contribution in [3.8, 4) is 11.5 Å². The van der Waals surface area contributed by atoms with Crippen LogP contribution in [-0.2, 0) is 0 Å². The van der Waals surface area contributed by atoms with Gasteiger partial charge in [0, 0.05) is 24.3 Å². The van der Waals surface area contributed by atoms with Crippen LogP contribution in [0.5, 0.6) is 11.5 Å². The predicted octanol–water partition coefficient (Wildman–Crippen LogP) is 5.25. The molecule has 0 aromatic heterocycles. The smallest absolute Gasteiger partial charge is 0.486 e. The first-order chi connectivity index (χ1) is 15.0. The van der Waals surface area contributed by atoms with E-state index in [1.54, 1.807) is 0 Å². The van der Waals surface area contributed by atoms with Gasteiger partial charge < -0.3 is 15.2 Å². The van der Waals surface area contributed by atoms with Gasteiger partial charge in [-0.3, -0.25) is 0 Å². The van der Waals surface area contributed by atoms with Crippen molar-refractivity contribution in [2.24, 2.45) is 5.73 Å². The average Bonchev–Trinajstić information content (AvgIpc) is 3.12. The highest BCUT2D eigenvalue weighted by atomic mass is 16.6. The van der Waals surface area contributed by atoms with Gasteiger partial charge in [-0.2, -0.15) is 4.79 Å². The largest absolute Gasteiger partial charge is 0.521 e. The van der Waals surface area contributed by atoms with Crippen molar-refractivity contribution in [3.05, 3.63) is 60.2 Å². The van der Waals surface area contributed by atoms with Gasteiger partial charge in [0.2, 0.25) is 0 Å². The first-order valence-electron chi connectivity index (χ1n) is 11.6. The first-order valence-corrected chi connectivity index (χ1v) is 11.6. The summed E-state index contributed by atoms with van der Waals surface area (Å²) in [6.07, 6.45) is 5.41. The number of hydrogen-bond donors (Lipinski definition) is 1. The Morgan fingerprint density at radius 2 is 1.90 bits per heavy atom. The fourth-order valence-electron chi connectivity index (χ4n) is 5.69. The average molecular weight is 424 g/mol. The van der Waals surface area contributed by atoms with Crippen LogP contribution in [0.4, 0.5) is 4.79 Å². The lowest BCUT2D eigenvalue weighted by Crippen LogP contribution is -2.62. The fraction of sp³-hybridized carbons (Fsp3) is 0.500. The number of quaternary nitrogens is 1. The van der Waals surface area contributed by atoms with Crippen LogP contribution >= 0.6 is 0 Å². The van der Waals surface area contributed by atoms with Crippen molar-refractivity contribution < 1.29 is 18.8 Å². The van der Waals surface area contributed by atoms with Crippen LogP contribution in [0.25, 0.3) is 0 Å². The molecular formula is C26H35N2O3+. The van der Waals surface area contributed by atoms with Crippen molar-refractivity contribution in [3.63, 3.8) is 0 Å². The molecule has 5 nitrogen and oxygen atoms in total. The molecule has 0 spiro atoms. The second-order valence-electron chi connectivity index (χ2n) is 9.26. The zero-order valence-corrected chi connectivity index (χ0v) is 18.8. The highest BCUT2D eigenvalue weighted by Crippen LogP contribution is 2.55. The van der Waals surface area contributed by atoms with Crippen LogP contribution in [-0.4, -0.2) is 42.4 Å². The Hall–Kier alpha value is -2.37. The molecule has 2 aliphatic rings. The lowest BCUT2D eigenvalue weighted by atomic mass is 9.69. The zero-order chi connectivity index (χ0) is 21.9. The molecule has 4 rings (SSSR count). The molecule has 0 radical (unpaired) electrons. The van der Waals surface area contributed by atoms with Crippen LogP contribution in [0, 0.1) is 0 Å². The first kappa shape index (κ1) is 21.8. The van der Waals surface area contributed by atoms with E-state index < -0.39 is 0 Å². The van der Waals surface area contributed by atoms with Crippen LogP contribution in [0.1, 0.15) is 56.9 Å². The SMILES string of the molecule is CCC[N+](C)(C(=O)Oc1ccccc1)C1CCC2c3ccccc3OC2(CCCN)C1. The minimum Gasteiger partial charge on any atom is -0.486 e. The van der Waals surface area contributed by atoms with Crippen molar-refractivity contribution in [1.82, 2.24) is 0 Å². The van der Waals surface area contributed by atoms with Crippen LogP contribution < -0.4 is 15.2 Å². The predicted molar refractivity (Wildman–Crippen MR) is 122 cm³/mol. The number of rotatable bonds is 7. The summed E-state index contributed by atoms with van der Waals surface area (Å²) in [5.74, 6) is 1.97. The Bertz CT molecular complexity index is 903. The van der Waals surface area contributed by atoms with Crippen molar-refractivity contribution in [2.45, 2.75) is 63.0 Å². The minimum absolute atomic E-state index is 0.152. The number of para-hydroxylation sites is 2. The molecule has 2 N–H and O–H groups in total. The third-order valence-corrected chi connectivity index (χ3v) is 7.28. The van der Waals surface area contributed by atoms with Gasteiger partial charge in [-0.05, 0) is 50.4 Å². The Balaban J connectivity index is 1.61. The van der Waals surface area contributed by atoms with Crippen LogP contribution in [0.2, 0.25) is 0 Å². The number of nitrogens with zero attached hydrogens (tertiary/aromatic N) is 1. The third kappa shape index (κ3) is 4.09. The minimum atomic E-state index is -0.285. The highest BCUT2D eigenvalue weighted by Gasteiger charge is 2.56. The molecule has 1 aliphatic carbocycles. The van der Waals surface area contributed by atoms with E-state index in [2.05, 4.69) is 25.1 Å². The molecule has 1 fully saturated rings. The highest BCUT2D eigenvalue weighted by molar-refractivity contribution is 5.63. The summed E-state index contributed by atoms with van der Waals surface area (Å²) in [5.41, 5.74) is 6.93. The van der Waals surface area contributed by atoms with E-state index >= 15 is 0 Å². The van der Waals surface area contributed by atoms with Crippen molar-refractivity contribution in [1.29, 1.82) is 0 Å². The van der Waals surface area contributed by atoms with Gasteiger partial charge >= 0.3 is 6.09 Å². The van der Waals surface area contributed by atoms with Gasteiger partial charge in [-0.1, -0.05) is 43.3 Å². The summed E-state index contributed by atoms with van der Waals surface area (Å²) >= 11 is 0. The van der Waals surface area contributed by atoms with Crippen LogP contribution in [0.15, 0.2) is 54.6 Å². The second-order valence-corrected chi connectivity index (χ2v) is 9.26. The van der Waals surface area contributed by atoms with E-state index in [-0.39, 0.29) is 22.2 Å². The van der Waals surface area contributed by atoms with Gasteiger partial charge in [-0.15, -0.1) is 0 Å². The Morgan fingerprint density at radius 3 is 2.65 bits per heavy atom. The normalized spacial score (nSPS) is 26.3. The maximum absolute atomic E-state index is 13.4. The van der Waals surface area contributed by atoms with Crippen LogP contribution in [0.3, 0.4) is 0 Å². The molecule has 2 aromatic carbocycles. The quantitative estimate of drug-likeness (QED) is 0.618. The van der Waals surface area contributed by atoms with Gasteiger partial charge in [0.05, 0.1) is 13.6 Å². The standard InChI is InChI=1S/C26H35N2O3/c1-3-18-28(2,25(29)30-21-10-5-4-6-11-21)20-14-15-23-22-12-7-8-13-24(22)31-26(23,19-20)16-9-17-27/h4-8,10-13,20,23H,3,9,14-19,27H2,1-2H3/q+1. The molecule has 1 heterocycles. The maximum Gasteiger partial charge on any atom is 0.521 e. The monoisotopic (exact) mass is 423 g/mol. The van der Waals surface area contributed by atoms with E-state index in [0.717, 1.165) is 50.8 Å². The van der Waals surface area contributed by atoms with Gasteiger partial charge in [0.1, 0.15) is 23.1 Å². The van der Waals surface area contributed by atoms with E-state index in [1.807, 2.05) is 43.4 Å². The number of benzene rings is 2. The summed E-state index contributed by atoms with van der Waals surface area (Å²) in [6.45, 7) is 3.53. The molecule has 0 bridgehead atoms. The third-order valence-electron chi connectivity index (χ3n) is 7.28. The summed E-state index contributed by atoms with van der Waals surface area (Å²) in [5, 5.41) is 0. The summed E-state index contributed by atoms with van der Waals surface area (Å²) in [4.78, 5) is 13.4. The van der Waals surface area contributed by atoms with Gasteiger partial charge in [-0.25, -0.2) is 4.48 Å². The molecule has 166 valence electrons. The molecule has 1 amide bonds. The molecule has 0 saturated heterocycles. The van der Waals surface area contributed by atoms with Gasteiger partial charge in [0.25, 0.3) is 0 Å². The molecule has 4 unspecified atom stereocenters. The second kappa shape index (κ2) is 9.01. The molecule has 2 aromatic rings. The molecule has 5 heteroatoms. The number of nitrogens with two attached hydrogens (primary N) is 1. The number of ether oxygens (including phenoxy) is 2. The molecule has 1 saturated carbocycles. The number of fused-ring (bicyclic) bond motifs is 3. The number of carbonyl (C=O) groups excluding carboxylic acids is 1. The van der Waals surface area contributed by atoms with E-state index in [1.165, 1.54) is 5.56 Å². The summed E-state index contributed by atoms with van der Waals surface area (Å²) < 4.78 is 12.8. The Labute approximate surface area is 185 Å². The lowest BCUT2D eigenvalue weighted by Gasteiger charge is -2.47. The summed E-state index contributed by atoms with van der Waals surface area (Å²) in [6, 6.07) is 18.0. The molecule has 4 atom stereocenters. The Kier molecular flexibility index (Phi) is 6.35. The van der Waals surface area contributed by atoms with Crippen molar-refractivity contribution >= 4 is 6.09 Å². The van der Waals surface area contributed by atoms with E-state index in [9.17, 15) is 4.79 Å². The summed E-state index contributed by atoms with van der Waals surface area (Å²) in [7, 11) is 2.04. The fourth-order valence-corrected chi connectivity index (χ4v) is 5.69. The number of amides is 1. The topological polar surface area (TPSA) is 61.5 Å². The lowest BCUT2D eigenvalue weighted by molar-refractivity contribution is -0.864. The molecule has 1 aliphatic heterocycles. The van der Waals surface area contributed by atoms with Crippen molar-refractivity contribution in [2.75, 3.05) is 20.1 Å². The maximum atomic E-state index is 13.4. The van der Waals surface area contributed by atoms with E-state index in [4.69, 9.17) is 15.2 Å². The van der Waals surface area contributed by atoms with Gasteiger partial charge in [0.15, 0.2) is 0 Å². The Morgan fingerprint density at radius 1 is 1.16 bits per heavy atom. The molecular weight excluding hydrogens is 388 g/mol. The zero-order valence-electron chi connectivity index (χ0n) is 18.8. The molecule has 31 heavy (non-hydrogen) atoms.